The summed E-state index contributed by atoms with van der Waals surface area (Å²) in [5.41, 5.74) is 6.34. The van der Waals surface area contributed by atoms with Crippen molar-refractivity contribution in [2.75, 3.05) is 5.73 Å². The summed E-state index contributed by atoms with van der Waals surface area (Å²) in [5, 5.41) is 10.9. The van der Waals surface area contributed by atoms with Crippen LogP contribution in [0.15, 0.2) is 12.1 Å². The SMILES string of the molecule is CCCCCCC(C)Oc1cc([N+](=O)[O-])c(I)cc1N. The van der Waals surface area contributed by atoms with Crippen molar-refractivity contribution < 1.29 is 9.66 Å². The third-order valence-corrected chi connectivity index (χ3v) is 3.93. The summed E-state index contributed by atoms with van der Waals surface area (Å²) < 4.78 is 6.26. The summed E-state index contributed by atoms with van der Waals surface area (Å²) >= 11 is 1.91. The van der Waals surface area contributed by atoms with Gasteiger partial charge in [-0.15, -0.1) is 0 Å². The van der Waals surface area contributed by atoms with Crippen LogP contribution in [0.1, 0.15) is 46.0 Å². The predicted octanol–water partition coefficient (Wildman–Crippen LogP) is 4.52. The number of nitro groups is 1. The van der Waals surface area contributed by atoms with Crippen LogP contribution in [0, 0.1) is 13.7 Å². The van der Waals surface area contributed by atoms with Crippen molar-refractivity contribution in [3.63, 3.8) is 0 Å². The average Bonchev–Trinajstić information content (AvgIpc) is 2.37. The summed E-state index contributed by atoms with van der Waals surface area (Å²) in [5.74, 6) is 0.403. The molecule has 20 heavy (non-hydrogen) atoms. The highest BCUT2D eigenvalue weighted by atomic mass is 127. The van der Waals surface area contributed by atoms with Crippen LogP contribution < -0.4 is 10.5 Å². The zero-order valence-corrected chi connectivity index (χ0v) is 14.1. The van der Waals surface area contributed by atoms with Crippen LogP contribution in [0.5, 0.6) is 5.75 Å². The lowest BCUT2D eigenvalue weighted by Crippen LogP contribution is -2.13. The Morgan fingerprint density at radius 1 is 1.40 bits per heavy atom. The van der Waals surface area contributed by atoms with Gasteiger partial charge >= 0.3 is 0 Å². The van der Waals surface area contributed by atoms with Crippen LogP contribution in [-0.4, -0.2) is 11.0 Å². The van der Waals surface area contributed by atoms with Crippen LogP contribution in [-0.2, 0) is 0 Å². The highest BCUT2D eigenvalue weighted by molar-refractivity contribution is 14.1. The van der Waals surface area contributed by atoms with Crippen molar-refractivity contribution in [3.8, 4) is 5.75 Å². The van der Waals surface area contributed by atoms with Crippen molar-refractivity contribution in [2.45, 2.75) is 52.1 Å². The van der Waals surface area contributed by atoms with Gasteiger partial charge in [-0.05, 0) is 48.4 Å². The molecule has 6 heteroatoms. The summed E-state index contributed by atoms with van der Waals surface area (Å²) in [6.45, 7) is 4.14. The molecule has 0 saturated heterocycles. The molecule has 0 saturated carbocycles. The minimum atomic E-state index is -0.417. The van der Waals surface area contributed by atoms with E-state index in [4.69, 9.17) is 10.5 Å². The van der Waals surface area contributed by atoms with Crippen LogP contribution in [0.25, 0.3) is 0 Å². The van der Waals surface area contributed by atoms with Crippen molar-refractivity contribution >= 4 is 34.0 Å². The lowest BCUT2D eigenvalue weighted by Gasteiger charge is -2.16. The average molecular weight is 392 g/mol. The molecule has 0 aliphatic rings. The number of anilines is 1. The van der Waals surface area contributed by atoms with Crippen molar-refractivity contribution in [1.82, 2.24) is 0 Å². The molecule has 1 aromatic rings. The van der Waals surface area contributed by atoms with E-state index in [9.17, 15) is 10.1 Å². The topological polar surface area (TPSA) is 78.4 Å². The first-order valence-corrected chi connectivity index (χ1v) is 7.93. The molecule has 0 amide bonds. The Hall–Kier alpha value is -1.05. The van der Waals surface area contributed by atoms with E-state index in [-0.39, 0.29) is 11.8 Å². The Bertz CT molecular complexity index is 466. The quantitative estimate of drug-likeness (QED) is 0.232. The zero-order chi connectivity index (χ0) is 15.1. The van der Waals surface area contributed by atoms with Gasteiger partial charge < -0.3 is 10.5 Å². The highest BCUT2D eigenvalue weighted by Crippen LogP contribution is 2.32. The molecule has 2 N–H and O–H groups in total. The second-order valence-electron chi connectivity index (χ2n) is 4.88. The number of nitrogens with zero attached hydrogens (tertiary/aromatic N) is 1. The van der Waals surface area contributed by atoms with Crippen LogP contribution in [0.4, 0.5) is 11.4 Å². The van der Waals surface area contributed by atoms with E-state index >= 15 is 0 Å². The number of hydrogen-bond donors (Lipinski definition) is 1. The zero-order valence-electron chi connectivity index (χ0n) is 11.9. The first kappa shape index (κ1) is 17.0. The van der Waals surface area contributed by atoms with Crippen molar-refractivity contribution in [2.24, 2.45) is 0 Å². The van der Waals surface area contributed by atoms with Gasteiger partial charge in [0.2, 0.25) is 0 Å². The lowest BCUT2D eigenvalue weighted by molar-refractivity contribution is -0.385. The maximum atomic E-state index is 10.9. The minimum absolute atomic E-state index is 0.00817. The number of nitrogens with two attached hydrogens (primary N) is 1. The maximum Gasteiger partial charge on any atom is 0.286 e. The molecule has 0 radical (unpaired) electrons. The Kier molecular flexibility index (Phi) is 7.04. The molecule has 0 spiro atoms. The Morgan fingerprint density at radius 3 is 2.70 bits per heavy atom. The Morgan fingerprint density at radius 2 is 2.10 bits per heavy atom. The van der Waals surface area contributed by atoms with E-state index < -0.39 is 4.92 Å². The van der Waals surface area contributed by atoms with Gasteiger partial charge in [0.25, 0.3) is 5.69 Å². The third-order valence-electron chi connectivity index (χ3n) is 3.07. The molecule has 1 rings (SSSR count). The standard InChI is InChI=1S/C14H21IN2O3/c1-3-4-5-6-7-10(2)20-14-9-13(17(18)19)11(15)8-12(14)16/h8-10H,3-7,16H2,1-2H3. The van der Waals surface area contributed by atoms with E-state index in [1.54, 1.807) is 6.07 Å². The summed E-state index contributed by atoms with van der Waals surface area (Å²) in [7, 11) is 0. The fourth-order valence-corrected chi connectivity index (χ4v) is 2.62. The van der Waals surface area contributed by atoms with Crippen molar-refractivity contribution in [1.29, 1.82) is 0 Å². The first-order valence-electron chi connectivity index (χ1n) is 6.85. The van der Waals surface area contributed by atoms with Gasteiger partial charge in [-0.1, -0.05) is 26.2 Å². The normalized spacial score (nSPS) is 12.2. The molecule has 0 aliphatic carbocycles. The highest BCUT2D eigenvalue weighted by Gasteiger charge is 2.17. The fourth-order valence-electron chi connectivity index (χ4n) is 1.93. The van der Waals surface area contributed by atoms with Gasteiger partial charge in [-0.25, -0.2) is 0 Å². The van der Waals surface area contributed by atoms with E-state index in [0.29, 0.717) is 15.0 Å². The van der Waals surface area contributed by atoms with E-state index in [2.05, 4.69) is 6.92 Å². The summed E-state index contributed by atoms with van der Waals surface area (Å²) in [4.78, 5) is 10.5. The molecule has 0 fully saturated rings. The number of ether oxygens (including phenoxy) is 1. The van der Waals surface area contributed by atoms with Crippen LogP contribution in [0.3, 0.4) is 0 Å². The smallest absolute Gasteiger partial charge is 0.286 e. The number of unbranched alkanes of at least 4 members (excludes halogenated alkanes) is 3. The minimum Gasteiger partial charge on any atom is -0.488 e. The Labute approximate surface area is 133 Å². The summed E-state index contributed by atoms with van der Waals surface area (Å²) in [6, 6.07) is 3.00. The number of benzene rings is 1. The van der Waals surface area contributed by atoms with E-state index in [0.717, 1.165) is 12.8 Å². The molecule has 1 atom stereocenters. The molecule has 1 unspecified atom stereocenters. The van der Waals surface area contributed by atoms with E-state index in [1.165, 1.54) is 25.3 Å². The third kappa shape index (κ3) is 5.15. The second-order valence-corrected chi connectivity index (χ2v) is 6.04. The van der Waals surface area contributed by atoms with Crippen LogP contribution in [0.2, 0.25) is 0 Å². The van der Waals surface area contributed by atoms with Gasteiger partial charge in [0, 0.05) is 0 Å². The Balaban J connectivity index is 2.67. The monoisotopic (exact) mass is 392 g/mol. The van der Waals surface area contributed by atoms with Gasteiger partial charge in [0.1, 0.15) is 5.75 Å². The molecular weight excluding hydrogens is 371 g/mol. The van der Waals surface area contributed by atoms with Gasteiger partial charge in [-0.2, -0.15) is 0 Å². The second kappa shape index (κ2) is 8.28. The lowest BCUT2D eigenvalue weighted by atomic mass is 10.1. The number of rotatable bonds is 8. The number of nitro benzene ring substituents is 1. The number of halogens is 1. The van der Waals surface area contributed by atoms with Gasteiger partial charge in [0.05, 0.1) is 26.4 Å². The van der Waals surface area contributed by atoms with Crippen molar-refractivity contribution in [3.05, 3.63) is 25.8 Å². The first-order chi connectivity index (χ1) is 9.45. The number of nitrogen functional groups attached to an aromatic ring is 1. The molecule has 1 aromatic carbocycles. The molecule has 112 valence electrons. The number of hydrogen-bond acceptors (Lipinski definition) is 4. The molecule has 5 nitrogen and oxygen atoms in total. The largest absolute Gasteiger partial charge is 0.488 e. The molecule has 0 heterocycles. The summed E-state index contributed by atoms with van der Waals surface area (Å²) in [6.07, 6.45) is 5.65. The molecule has 0 bridgehead atoms. The predicted molar refractivity (Wildman–Crippen MR) is 89.1 cm³/mol. The van der Waals surface area contributed by atoms with Gasteiger partial charge in [-0.3, -0.25) is 10.1 Å². The molecule has 0 aromatic heterocycles. The molecular formula is C14H21IN2O3. The van der Waals surface area contributed by atoms with Gasteiger partial charge in [0.15, 0.2) is 0 Å². The van der Waals surface area contributed by atoms with Crippen LogP contribution >= 0.6 is 22.6 Å². The molecule has 0 aliphatic heterocycles. The van der Waals surface area contributed by atoms with E-state index in [1.807, 2.05) is 29.5 Å². The maximum absolute atomic E-state index is 10.9. The fraction of sp³-hybridized carbons (Fsp3) is 0.571.